The molecule has 0 aliphatic carbocycles. The van der Waals surface area contributed by atoms with E-state index in [4.69, 9.17) is 4.74 Å². The van der Waals surface area contributed by atoms with Crippen molar-refractivity contribution in [3.05, 3.63) is 29.1 Å². The van der Waals surface area contributed by atoms with Crippen LogP contribution in [0.4, 0.5) is 0 Å². The number of methoxy groups -OCH3 is 1. The topological polar surface area (TPSA) is 42.4 Å². The molecule has 1 aromatic heterocycles. The highest BCUT2D eigenvalue weighted by atomic mass is 79.9. The maximum atomic E-state index is 12.4. The molecular weight excluding hydrogens is 296 g/mol. The number of alkyl halides is 1. The van der Waals surface area contributed by atoms with Gasteiger partial charge in [-0.3, -0.25) is 9.78 Å². The fourth-order valence-corrected chi connectivity index (χ4v) is 2.13. The van der Waals surface area contributed by atoms with Gasteiger partial charge in [0.2, 0.25) is 0 Å². The monoisotopic (exact) mass is 314 g/mol. The number of rotatable bonds is 6. The molecule has 0 aliphatic heterocycles. The van der Waals surface area contributed by atoms with Gasteiger partial charge in [0.05, 0.1) is 17.9 Å². The molecule has 0 aliphatic rings. The molecule has 0 bridgehead atoms. The number of carbonyl (C=O) groups is 1. The van der Waals surface area contributed by atoms with Gasteiger partial charge in [0, 0.05) is 31.2 Å². The molecule has 4 nitrogen and oxygen atoms in total. The zero-order valence-corrected chi connectivity index (χ0v) is 12.7. The molecule has 1 aromatic rings. The quantitative estimate of drug-likeness (QED) is 0.756. The number of pyridine rings is 1. The Morgan fingerprint density at radius 1 is 1.39 bits per heavy atom. The van der Waals surface area contributed by atoms with Gasteiger partial charge in [-0.2, -0.15) is 0 Å². The number of aryl methyl sites for hydroxylation is 2. The second-order valence-electron chi connectivity index (χ2n) is 4.06. The van der Waals surface area contributed by atoms with Gasteiger partial charge >= 0.3 is 0 Å². The van der Waals surface area contributed by atoms with E-state index in [0.717, 1.165) is 16.7 Å². The van der Waals surface area contributed by atoms with E-state index in [9.17, 15) is 4.79 Å². The Balaban J connectivity index is 2.87. The van der Waals surface area contributed by atoms with Crippen molar-refractivity contribution in [3.63, 3.8) is 0 Å². The fourth-order valence-electron chi connectivity index (χ4n) is 1.70. The van der Waals surface area contributed by atoms with Crippen molar-refractivity contribution in [1.29, 1.82) is 0 Å². The average Bonchev–Trinajstić information content (AvgIpc) is 2.33. The van der Waals surface area contributed by atoms with Gasteiger partial charge in [0.1, 0.15) is 0 Å². The lowest BCUT2D eigenvalue weighted by molar-refractivity contribution is 0.0707. The largest absolute Gasteiger partial charge is 0.383 e. The zero-order chi connectivity index (χ0) is 13.5. The van der Waals surface area contributed by atoms with E-state index in [-0.39, 0.29) is 5.91 Å². The summed E-state index contributed by atoms with van der Waals surface area (Å²) in [5.74, 6) is 0.0106. The molecular formula is C13H19BrN2O2. The maximum absolute atomic E-state index is 12.4. The number of aromatic nitrogens is 1. The van der Waals surface area contributed by atoms with Crippen molar-refractivity contribution in [2.45, 2.75) is 13.8 Å². The second kappa shape index (κ2) is 7.48. The molecule has 1 heterocycles. The van der Waals surface area contributed by atoms with Crippen LogP contribution in [0.5, 0.6) is 0 Å². The highest BCUT2D eigenvalue weighted by Crippen LogP contribution is 2.10. The molecule has 0 saturated carbocycles. The first-order valence-corrected chi connectivity index (χ1v) is 7.00. The number of hydrogen-bond acceptors (Lipinski definition) is 3. The van der Waals surface area contributed by atoms with Crippen molar-refractivity contribution in [2.75, 3.05) is 32.1 Å². The molecule has 5 heteroatoms. The molecule has 0 fully saturated rings. The van der Waals surface area contributed by atoms with Gasteiger partial charge in [-0.15, -0.1) is 0 Å². The van der Waals surface area contributed by atoms with Crippen LogP contribution >= 0.6 is 15.9 Å². The Bertz CT molecular complexity index is 410. The van der Waals surface area contributed by atoms with Crippen LogP contribution < -0.4 is 0 Å². The Labute approximate surface area is 116 Å². The molecule has 1 amide bonds. The Kier molecular flexibility index (Phi) is 6.29. The predicted molar refractivity (Wildman–Crippen MR) is 75.3 cm³/mol. The van der Waals surface area contributed by atoms with E-state index < -0.39 is 0 Å². The van der Waals surface area contributed by atoms with Gasteiger partial charge in [-0.05, 0) is 26.0 Å². The van der Waals surface area contributed by atoms with Crippen molar-refractivity contribution in [3.8, 4) is 0 Å². The third kappa shape index (κ3) is 4.07. The number of amides is 1. The summed E-state index contributed by atoms with van der Waals surface area (Å²) in [5, 5.41) is 0.751. The van der Waals surface area contributed by atoms with Gasteiger partial charge in [0.15, 0.2) is 0 Å². The van der Waals surface area contributed by atoms with Crippen LogP contribution in [0.15, 0.2) is 12.1 Å². The Morgan fingerprint density at radius 2 is 2.11 bits per heavy atom. The van der Waals surface area contributed by atoms with Crippen LogP contribution in [0.2, 0.25) is 0 Å². The molecule has 0 saturated heterocycles. The van der Waals surface area contributed by atoms with Gasteiger partial charge in [0.25, 0.3) is 5.91 Å². The van der Waals surface area contributed by atoms with E-state index in [0.29, 0.717) is 25.3 Å². The number of carbonyl (C=O) groups excluding carboxylic acids is 1. The van der Waals surface area contributed by atoms with Crippen LogP contribution in [-0.2, 0) is 4.74 Å². The van der Waals surface area contributed by atoms with Crippen molar-refractivity contribution in [1.82, 2.24) is 9.88 Å². The van der Waals surface area contributed by atoms with E-state index in [2.05, 4.69) is 20.9 Å². The first kappa shape index (κ1) is 15.1. The van der Waals surface area contributed by atoms with Crippen LogP contribution in [0, 0.1) is 13.8 Å². The second-order valence-corrected chi connectivity index (χ2v) is 4.85. The highest BCUT2D eigenvalue weighted by Gasteiger charge is 2.17. The van der Waals surface area contributed by atoms with E-state index in [1.165, 1.54) is 0 Å². The summed E-state index contributed by atoms with van der Waals surface area (Å²) >= 11 is 3.36. The number of hydrogen-bond donors (Lipinski definition) is 0. The SMILES string of the molecule is COCCN(CCBr)C(=O)c1ccc(C)nc1C. The van der Waals surface area contributed by atoms with Gasteiger partial charge in [-0.1, -0.05) is 15.9 Å². The molecule has 0 N–H and O–H groups in total. The third-order valence-corrected chi connectivity index (χ3v) is 3.02. The van der Waals surface area contributed by atoms with Gasteiger partial charge in [-0.25, -0.2) is 0 Å². The fraction of sp³-hybridized carbons (Fsp3) is 0.538. The lowest BCUT2D eigenvalue weighted by atomic mass is 10.1. The van der Waals surface area contributed by atoms with E-state index >= 15 is 0 Å². The van der Waals surface area contributed by atoms with Crippen molar-refractivity contribution < 1.29 is 9.53 Å². The molecule has 100 valence electrons. The molecule has 0 atom stereocenters. The molecule has 0 aromatic carbocycles. The minimum Gasteiger partial charge on any atom is -0.383 e. The van der Waals surface area contributed by atoms with Crippen LogP contribution in [0.3, 0.4) is 0 Å². The molecule has 0 radical (unpaired) electrons. The summed E-state index contributed by atoms with van der Waals surface area (Å²) in [5.41, 5.74) is 2.36. The van der Waals surface area contributed by atoms with E-state index in [1.54, 1.807) is 12.0 Å². The number of halogens is 1. The highest BCUT2D eigenvalue weighted by molar-refractivity contribution is 9.09. The minimum atomic E-state index is 0.0106. The maximum Gasteiger partial charge on any atom is 0.255 e. The summed E-state index contributed by atoms with van der Waals surface area (Å²) in [6.07, 6.45) is 0. The molecule has 1 rings (SSSR count). The van der Waals surface area contributed by atoms with Crippen LogP contribution in [0.1, 0.15) is 21.7 Å². The lowest BCUT2D eigenvalue weighted by Gasteiger charge is -2.22. The minimum absolute atomic E-state index is 0.0106. The smallest absolute Gasteiger partial charge is 0.255 e. The van der Waals surface area contributed by atoms with E-state index in [1.807, 2.05) is 26.0 Å². The Morgan fingerprint density at radius 3 is 2.67 bits per heavy atom. The summed E-state index contributed by atoms with van der Waals surface area (Å²) in [7, 11) is 1.63. The number of ether oxygens (including phenoxy) is 1. The summed E-state index contributed by atoms with van der Waals surface area (Å²) in [6.45, 7) is 5.58. The van der Waals surface area contributed by atoms with Crippen molar-refractivity contribution >= 4 is 21.8 Å². The molecule has 0 spiro atoms. The summed E-state index contributed by atoms with van der Waals surface area (Å²) < 4.78 is 5.03. The predicted octanol–water partition coefficient (Wildman–Crippen LogP) is 2.18. The average molecular weight is 315 g/mol. The first-order valence-electron chi connectivity index (χ1n) is 5.88. The van der Waals surface area contributed by atoms with Crippen LogP contribution in [0.25, 0.3) is 0 Å². The first-order chi connectivity index (χ1) is 8.60. The number of nitrogens with zero attached hydrogens (tertiary/aromatic N) is 2. The zero-order valence-electron chi connectivity index (χ0n) is 11.1. The third-order valence-electron chi connectivity index (χ3n) is 2.66. The summed E-state index contributed by atoms with van der Waals surface area (Å²) in [6, 6.07) is 3.71. The molecule has 0 unspecified atom stereocenters. The Hall–Kier alpha value is -0.940. The standard InChI is InChI=1S/C13H19BrN2O2/c1-10-4-5-12(11(2)15-10)13(17)16(7-6-14)8-9-18-3/h4-5H,6-9H2,1-3H3. The molecule has 18 heavy (non-hydrogen) atoms. The van der Waals surface area contributed by atoms with Gasteiger partial charge < -0.3 is 9.64 Å². The lowest BCUT2D eigenvalue weighted by Crippen LogP contribution is -2.36. The van der Waals surface area contributed by atoms with Crippen molar-refractivity contribution in [2.24, 2.45) is 0 Å². The van der Waals surface area contributed by atoms with Crippen LogP contribution in [-0.4, -0.2) is 47.9 Å². The summed E-state index contributed by atoms with van der Waals surface area (Å²) in [4.78, 5) is 18.5. The normalized spacial score (nSPS) is 10.4.